The highest BCUT2D eigenvalue weighted by molar-refractivity contribution is 6.24. The van der Waals surface area contributed by atoms with Crippen LogP contribution >= 0.6 is 11.6 Å². The zero-order valence-electron chi connectivity index (χ0n) is 15.9. The quantitative estimate of drug-likeness (QED) is 0.396. The maximum absolute atomic E-state index is 13.1. The van der Waals surface area contributed by atoms with E-state index in [9.17, 15) is 35.9 Å². The van der Waals surface area contributed by atoms with E-state index in [4.69, 9.17) is 16.3 Å². The Balaban J connectivity index is 1.78. The molecule has 1 aromatic carbocycles. The molecule has 1 N–H and O–H groups in total. The molecule has 3 unspecified atom stereocenters. The molecule has 0 aliphatic heterocycles. The lowest BCUT2D eigenvalue weighted by molar-refractivity contribution is -0.224. The topological polar surface area (TPSA) is 55.4 Å². The summed E-state index contributed by atoms with van der Waals surface area (Å²) in [7, 11) is 0. The molecular formula is C20H18ClF6NO3. The third-order valence-electron chi connectivity index (χ3n) is 6.74. The lowest BCUT2D eigenvalue weighted by Gasteiger charge is -2.46. The summed E-state index contributed by atoms with van der Waals surface area (Å²) in [6, 6.07) is 6.30. The zero-order chi connectivity index (χ0) is 22.8. The van der Waals surface area contributed by atoms with E-state index in [-0.39, 0.29) is 24.3 Å². The smallest absolute Gasteiger partial charge is 0.452 e. The molecule has 4 aliphatic rings. The molecule has 0 heterocycles. The molecule has 5 rings (SSSR count). The highest BCUT2D eigenvalue weighted by Crippen LogP contribution is 2.71. The summed E-state index contributed by atoms with van der Waals surface area (Å²) < 4.78 is 83.2. The van der Waals surface area contributed by atoms with Gasteiger partial charge < -0.3 is 10.1 Å². The van der Waals surface area contributed by atoms with Crippen molar-refractivity contribution in [2.24, 2.45) is 17.8 Å². The Bertz CT molecular complexity index is 891. The van der Waals surface area contributed by atoms with Crippen LogP contribution in [0.5, 0.6) is 0 Å². The summed E-state index contributed by atoms with van der Waals surface area (Å²) in [5, 5.41) is 1.94. The molecule has 4 aliphatic carbocycles. The van der Waals surface area contributed by atoms with Gasteiger partial charge in [-0.05, 0) is 36.7 Å². The van der Waals surface area contributed by atoms with E-state index in [1.54, 1.807) is 6.07 Å². The second-order valence-corrected chi connectivity index (χ2v) is 9.42. The standard InChI is InChI=1S/C20H18ClF6NO3/c21-17-7-10-6-12(17)13(18(8-10,9-17)31-16(30)20(25,26)27)14(11-4-2-1-3-5-11)28-15(29)19(22,23)24/h1-5,10,12-14H,6-9H2,(H,28,29)/t10?,12?,13?,14-,17+,18-/m0/s1. The molecule has 4 bridgehead atoms. The minimum atomic E-state index is -5.27. The molecule has 0 aromatic heterocycles. The van der Waals surface area contributed by atoms with Crippen molar-refractivity contribution < 1.29 is 40.7 Å². The first kappa shape index (κ1) is 22.2. The number of carbonyl (C=O) groups excluding carboxylic acids is 2. The number of ether oxygens (including phenoxy) is 1. The van der Waals surface area contributed by atoms with Crippen LogP contribution in [-0.4, -0.2) is 34.7 Å². The van der Waals surface area contributed by atoms with Crippen LogP contribution < -0.4 is 5.32 Å². The van der Waals surface area contributed by atoms with E-state index in [0.717, 1.165) is 0 Å². The number of carbonyl (C=O) groups is 2. The van der Waals surface area contributed by atoms with Gasteiger partial charge in [-0.15, -0.1) is 11.6 Å². The van der Waals surface area contributed by atoms with Crippen LogP contribution in [-0.2, 0) is 14.3 Å². The van der Waals surface area contributed by atoms with Gasteiger partial charge in [-0.1, -0.05) is 30.3 Å². The van der Waals surface area contributed by atoms with Crippen LogP contribution in [0.1, 0.15) is 37.3 Å². The minimum Gasteiger partial charge on any atom is -0.452 e. The second-order valence-electron chi connectivity index (χ2n) is 8.67. The van der Waals surface area contributed by atoms with Crippen molar-refractivity contribution in [2.75, 3.05) is 0 Å². The van der Waals surface area contributed by atoms with Crippen molar-refractivity contribution in [3.8, 4) is 0 Å². The Kier molecular flexibility index (Phi) is 5.03. The van der Waals surface area contributed by atoms with Gasteiger partial charge in [0.1, 0.15) is 5.60 Å². The van der Waals surface area contributed by atoms with Gasteiger partial charge in [-0.3, -0.25) is 4.79 Å². The summed E-state index contributed by atoms with van der Waals surface area (Å²) in [4.78, 5) is 22.6. The lowest BCUT2D eigenvalue weighted by Crippen LogP contribution is -2.53. The molecule has 1 aromatic rings. The maximum Gasteiger partial charge on any atom is 0.490 e. The van der Waals surface area contributed by atoms with Crippen LogP contribution in [0.15, 0.2) is 30.3 Å². The fraction of sp³-hybridized carbons (Fsp3) is 0.600. The van der Waals surface area contributed by atoms with Crippen molar-refractivity contribution in [3.05, 3.63) is 35.9 Å². The number of rotatable bonds is 4. The SMILES string of the molecule is O=C(N[C@@H](c1ccccc1)C1C2CC3C[C@@]2(Cl)C[C@@]1(OC(=O)C(F)(F)F)C3)C(F)(F)F. The van der Waals surface area contributed by atoms with Crippen molar-refractivity contribution in [1.29, 1.82) is 0 Å². The number of hydrogen-bond donors (Lipinski definition) is 1. The fourth-order valence-corrected chi connectivity index (χ4v) is 6.65. The molecule has 11 heteroatoms. The third kappa shape index (κ3) is 3.76. The molecule has 0 saturated heterocycles. The summed E-state index contributed by atoms with van der Waals surface area (Å²) in [5.41, 5.74) is -1.46. The molecule has 0 spiro atoms. The van der Waals surface area contributed by atoms with Crippen molar-refractivity contribution in [3.63, 3.8) is 0 Å². The average Bonchev–Trinajstić information content (AvgIpc) is 2.97. The Hall–Kier alpha value is -1.97. The molecule has 31 heavy (non-hydrogen) atoms. The van der Waals surface area contributed by atoms with Crippen LogP contribution in [0, 0.1) is 17.8 Å². The van der Waals surface area contributed by atoms with Crippen LogP contribution in [0.4, 0.5) is 26.3 Å². The number of nitrogens with one attached hydrogen (secondary N) is 1. The van der Waals surface area contributed by atoms with Crippen molar-refractivity contribution in [1.82, 2.24) is 5.32 Å². The first-order chi connectivity index (χ1) is 14.3. The number of alkyl halides is 7. The highest BCUT2D eigenvalue weighted by Gasteiger charge is 2.73. The zero-order valence-corrected chi connectivity index (χ0v) is 16.7. The normalized spacial score (nSPS) is 35.1. The van der Waals surface area contributed by atoms with Gasteiger partial charge in [0.05, 0.1) is 10.9 Å². The molecule has 4 saturated carbocycles. The van der Waals surface area contributed by atoms with Gasteiger partial charge in [0.25, 0.3) is 0 Å². The Labute approximate surface area is 178 Å². The van der Waals surface area contributed by atoms with E-state index in [1.807, 2.05) is 5.32 Å². The van der Waals surface area contributed by atoms with Crippen LogP contribution in [0.3, 0.4) is 0 Å². The Morgan fingerprint density at radius 2 is 1.71 bits per heavy atom. The maximum atomic E-state index is 13.1. The van der Waals surface area contributed by atoms with Gasteiger partial charge >= 0.3 is 24.2 Å². The summed E-state index contributed by atoms with van der Waals surface area (Å²) in [6.45, 7) is 0. The average molecular weight is 470 g/mol. The number of amides is 1. The van der Waals surface area contributed by atoms with E-state index in [1.165, 1.54) is 24.3 Å². The predicted octanol–water partition coefficient (Wildman–Crippen LogP) is 4.68. The second kappa shape index (κ2) is 7.02. The number of halogens is 7. The Morgan fingerprint density at radius 1 is 1.06 bits per heavy atom. The predicted molar refractivity (Wildman–Crippen MR) is 95.8 cm³/mol. The third-order valence-corrected chi connectivity index (χ3v) is 7.31. The monoisotopic (exact) mass is 469 g/mol. The largest absolute Gasteiger partial charge is 0.490 e. The van der Waals surface area contributed by atoms with Gasteiger partial charge in [0.2, 0.25) is 0 Å². The lowest BCUT2D eigenvalue weighted by atomic mass is 9.67. The van der Waals surface area contributed by atoms with Crippen LogP contribution in [0.2, 0.25) is 0 Å². The Morgan fingerprint density at radius 3 is 2.29 bits per heavy atom. The number of hydrogen-bond acceptors (Lipinski definition) is 3. The van der Waals surface area contributed by atoms with E-state index in [2.05, 4.69) is 0 Å². The summed E-state index contributed by atoms with van der Waals surface area (Å²) >= 11 is 6.73. The molecule has 170 valence electrons. The first-order valence-corrected chi connectivity index (χ1v) is 10.0. The van der Waals surface area contributed by atoms with Gasteiger partial charge in [-0.2, -0.15) is 26.3 Å². The molecule has 4 nitrogen and oxygen atoms in total. The minimum absolute atomic E-state index is 0.0513. The highest BCUT2D eigenvalue weighted by atomic mass is 35.5. The molecular weight excluding hydrogens is 452 g/mol. The summed E-state index contributed by atoms with van der Waals surface area (Å²) in [5.74, 6) is -6.30. The molecule has 6 atom stereocenters. The van der Waals surface area contributed by atoms with E-state index < -0.39 is 52.6 Å². The fourth-order valence-electron chi connectivity index (χ4n) is 5.98. The van der Waals surface area contributed by atoms with Gasteiger partial charge in [0.15, 0.2) is 0 Å². The van der Waals surface area contributed by atoms with Gasteiger partial charge in [0, 0.05) is 12.3 Å². The number of benzene rings is 1. The molecule has 4 fully saturated rings. The molecule has 1 amide bonds. The van der Waals surface area contributed by atoms with Crippen molar-refractivity contribution >= 4 is 23.5 Å². The van der Waals surface area contributed by atoms with Crippen LogP contribution in [0.25, 0.3) is 0 Å². The molecule has 0 radical (unpaired) electrons. The van der Waals surface area contributed by atoms with E-state index in [0.29, 0.717) is 12.8 Å². The van der Waals surface area contributed by atoms with E-state index >= 15 is 0 Å². The first-order valence-electron chi connectivity index (χ1n) is 9.67. The summed E-state index contributed by atoms with van der Waals surface area (Å²) in [6.07, 6.45) is -9.58. The van der Waals surface area contributed by atoms with Gasteiger partial charge in [-0.25, -0.2) is 4.79 Å². The van der Waals surface area contributed by atoms with Crippen molar-refractivity contribution in [2.45, 2.75) is 54.6 Å². The number of esters is 1.